The summed E-state index contributed by atoms with van der Waals surface area (Å²) in [6, 6.07) is 0. The second-order valence-electron chi connectivity index (χ2n) is 1.52. The molecule has 0 unspecified atom stereocenters. The number of carboxylic acid groups (broad SMARTS) is 1. The number of aliphatic carboxylic acids is 1. The second-order valence-corrected chi connectivity index (χ2v) is 1.52. The Morgan fingerprint density at radius 2 is 2.20 bits per heavy atom. The van der Waals surface area contributed by atoms with Gasteiger partial charge in [0.1, 0.15) is 0 Å². The molecule has 0 aromatic carbocycles. The Hall–Kier alpha value is -1.32. The summed E-state index contributed by atoms with van der Waals surface area (Å²) >= 11 is 0. The lowest BCUT2D eigenvalue weighted by molar-refractivity contribution is -0.139. The highest BCUT2D eigenvalue weighted by Gasteiger charge is 1.94. The van der Waals surface area contributed by atoms with E-state index in [-0.39, 0.29) is 6.42 Å². The summed E-state index contributed by atoms with van der Waals surface area (Å²) < 4.78 is 4.25. The lowest BCUT2D eigenvalue weighted by atomic mass is 10.4. The number of hydrogen-bond donors (Lipinski definition) is 1. The zero-order chi connectivity index (χ0) is 7.98. The van der Waals surface area contributed by atoms with Crippen LogP contribution in [0.1, 0.15) is 6.42 Å². The predicted octanol–water partition coefficient (Wildman–Crippen LogP) is 0.190. The topological polar surface area (TPSA) is 63.6 Å². The first-order chi connectivity index (χ1) is 4.66. The van der Waals surface area contributed by atoms with Crippen LogP contribution >= 0.6 is 0 Å². The summed E-state index contributed by atoms with van der Waals surface area (Å²) in [5.41, 5.74) is 0. The molecule has 0 spiro atoms. The molecule has 0 aliphatic heterocycles. The number of carbonyl (C=O) groups excluding carboxylic acids is 1. The molecule has 0 bridgehead atoms. The maximum Gasteiger partial charge on any atom is 0.327 e. The molecular weight excluding hydrogens is 136 g/mol. The highest BCUT2D eigenvalue weighted by molar-refractivity contribution is 5.81. The zero-order valence-electron chi connectivity index (χ0n) is 5.53. The number of hydrogen-bond acceptors (Lipinski definition) is 3. The molecular formula is C6H8O4. The molecule has 0 fully saturated rings. The van der Waals surface area contributed by atoms with Gasteiger partial charge in [0.15, 0.2) is 0 Å². The van der Waals surface area contributed by atoms with Crippen molar-refractivity contribution >= 4 is 11.9 Å². The summed E-state index contributed by atoms with van der Waals surface area (Å²) in [4.78, 5) is 20.2. The number of carboxylic acids is 1. The minimum Gasteiger partial charge on any atom is -0.478 e. The van der Waals surface area contributed by atoms with Crippen molar-refractivity contribution in [1.82, 2.24) is 0 Å². The Balaban J connectivity index is 3.53. The summed E-state index contributed by atoms with van der Waals surface area (Å²) in [5, 5.41) is 8.06. The lowest BCUT2D eigenvalue weighted by Gasteiger charge is -1.89. The SMILES string of the molecule is COC(=O)CC=CC(=O)O. The number of esters is 1. The smallest absolute Gasteiger partial charge is 0.327 e. The third-order valence-electron chi connectivity index (χ3n) is 0.773. The largest absolute Gasteiger partial charge is 0.478 e. The van der Waals surface area contributed by atoms with Crippen molar-refractivity contribution in [1.29, 1.82) is 0 Å². The average molecular weight is 144 g/mol. The van der Waals surface area contributed by atoms with Gasteiger partial charge in [-0.2, -0.15) is 0 Å². The fourth-order valence-corrected chi connectivity index (χ4v) is 0.339. The Labute approximate surface area is 58.1 Å². The molecule has 0 aliphatic rings. The Morgan fingerprint density at radius 3 is 2.60 bits per heavy atom. The van der Waals surface area contributed by atoms with Crippen LogP contribution in [0, 0.1) is 0 Å². The van der Waals surface area contributed by atoms with E-state index in [0.29, 0.717) is 0 Å². The molecule has 0 saturated carbocycles. The van der Waals surface area contributed by atoms with Crippen LogP contribution in [0.4, 0.5) is 0 Å². The van der Waals surface area contributed by atoms with E-state index in [9.17, 15) is 9.59 Å². The minimum atomic E-state index is -1.07. The summed E-state index contributed by atoms with van der Waals surface area (Å²) in [6.07, 6.45) is 2.13. The van der Waals surface area contributed by atoms with Gasteiger partial charge in [-0.05, 0) is 0 Å². The number of ether oxygens (including phenoxy) is 1. The van der Waals surface area contributed by atoms with Gasteiger partial charge >= 0.3 is 11.9 Å². The fourth-order valence-electron chi connectivity index (χ4n) is 0.339. The first kappa shape index (κ1) is 8.68. The molecule has 0 aliphatic carbocycles. The molecule has 56 valence electrons. The van der Waals surface area contributed by atoms with Gasteiger partial charge < -0.3 is 9.84 Å². The van der Waals surface area contributed by atoms with E-state index in [1.54, 1.807) is 0 Å². The molecule has 4 nitrogen and oxygen atoms in total. The van der Waals surface area contributed by atoms with Gasteiger partial charge in [-0.3, -0.25) is 4.79 Å². The monoisotopic (exact) mass is 144 g/mol. The van der Waals surface area contributed by atoms with Crippen LogP contribution in [0.5, 0.6) is 0 Å². The number of carbonyl (C=O) groups is 2. The quantitative estimate of drug-likeness (QED) is 0.453. The third kappa shape index (κ3) is 4.83. The molecule has 0 radical (unpaired) electrons. The van der Waals surface area contributed by atoms with Crippen molar-refractivity contribution in [3.63, 3.8) is 0 Å². The Kier molecular flexibility index (Phi) is 3.95. The second kappa shape index (κ2) is 4.55. The van der Waals surface area contributed by atoms with E-state index in [4.69, 9.17) is 5.11 Å². The average Bonchev–Trinajstić information content (AvgIpc) is 1.87. The van der Waals surface area contributed by atoms with Crippen LogP contribution in [0.3, 0.4) is 0 Å². The van der Waals surface area contributed by atoms with Crippen molar-refractivity contribution in [3.05, 3.63) is 12.2 Å². The molecule has 4 heteroatoms. The van der Waals surface area contributed by atoms with Crippen molar-refractivity contribution in [2.45, 2.75) is 6.42 Å². The molecule has 0 atom stereocenters. The summed E-state index contributed by atoms with van der Waals surface area (Å²) in [5.74, 6) is -1.51. The molecule has 0 aromatic heterocycles. The van der Waals surface area contributed by atoms with E-state index < -0.39 is 11.9 Å². The maximum absolute atomic E-state index is 10.3. The minimum absolute atomic E-state index is 0.00278. The van der Waals surface area contributed by atoms with E-state index in [1.807, 2.05) is 0 Å². The third-order valence-corrected chi connectivity index (χ3v) is 0.773. The van der Waals surface area contributed by atoms with Crippen molar-refractivity contribution in [2.75, 3.05) is 7.11 Å². The number of rotatable bonds is 3. The van der Waals surface area contributed by atoms with Gasteiger partial charge in [-0.25, -0.2) is 4.79 Å². The Morgan fingerprint density at radius 1 is 1.60 bits per heavy atom. The fraction of sp³-hybridized carbons (Fsp3) is 0.333. The first-order valence-corrected chi connectivity index (χ1v) is 2.63. The van der Waals surface area contributed by atoms with Crippen LogP contribution in [-0.4, -0.2) is 24.2 Å². The van der Waals surface area contributed by atoms with Crippen molar-refractivity contribution < 1.29 is 19.4 Å². The lowest BCUT2D eigenvalue weighted by Crippen LogP contribution is -1.97. The van der Waals surface area contributed by atoms with E-state index in [1.165, 1.54) is 13.2 Å². The molecule has 0 aromatic rings. The van der Waals surface area contributed by atoms with Crippen LogP contribution in [0.25, 0.3) is 0 Å². The normalized spacial score (nSPS) is 9.70. The van der Waals surface area contributed by atoms with Crippen molar-refractivity contribution in [3.8, 4) is 0 Å². The maximum atomic E-state index is 10.3. The van der Waals surface area contributed by atoms with Crippen molar-refractivity contribution in [2.24, 2.45) is 0 Å². The standard InChI is InChI=1S/C6H8O4/c1-10-6(9)4-2-3-5(7)8/h2-3H,4H2,1H3,(H,7,8). The van der Waals surface area contributed by atoms with Gasteiger partial charge in [-0.1, -0.05) is 6.08 Å². The van der Waals surface area contributed by atoms with Gasteiger partial charge in [0.25, 0.3) is 0 Å². The van der Waals surface area contributed by atoms with Crippen LogP contribution in [0.15, 0.2) is 12.2 Å². The van der Waals surface area contributed by atoms with Crippen LogP contribution < -0.4 is 0 Å². The first-order valence-electron chi connectivity index (χ1n) is 2.63. The molecule has 1 N–H and O–H groups in total. The van der Waals surface area contributed by atoms with Crippen LogP contribution in [0.2, 0.25) is 0 Å². The van der Waals surface area contributed by atoms with Gasteiger partial charge in [-0.15, -0.1) is 0 Å². The predicted molar refractivity (Wildman–Crippen MR) is 33.4 cm³/mol. The van der Waals surface area contributed by atoms with Gasteiger partial charge in [0.05, 0.1) is 13.5 Å². The Bertz CT molecular complexity index is 159. The van der Waals surface area contributed by atoms with Gasteiger partial charge in [0.2, 0.25) is 0 Å². The summed E-state index contributed by atoms with van der Waals surface area (Å²) in [7, 11) is 1.25. The van der Waals surface area contributed by atoms with Crippen LogP contribution in [-0.2, 0) is 14.3 Å². The highest BCUT2D eigenvalue weighted by Crippen LogP contribution is 1.85. The van der Waals surface area contributed by atoms with Gasteiger partial charge in [0, 0.05) is 6.08 Å². The van der Waals surface area contributed by atoms with E-state index in [2.05, 4.69) is 4.74 Å². The molecule has 10 heavy (non-hydrogen) atoms. The van der Waals surface area contributed by atoms with E-state index >= 15 is 0 Å². The number of methoxy groups -OCH3 is 1. The summed E-state index contributed by atoms with van der Waals surface area (Å²) in [6.45, 7) is 0. The molecule has 0 saturated heterocycles. The molecule has 0 rings (SSSR count). The molecule has 0 heterocycles. The zero-order valence-corrected chi connectivity index (χ0v) is 5.53. The van der Waals surface area contributed by atoms with E-state index in [0.717, 1.165) is 6.08 Å². The molecule has 0 amide bonds. The highest BCUT2D eigenvalue weighted by atomic mass is 16.5.